The van der Waals surface area contributed by atoms with Gasteiger partial charge in [0.15, 0.2) is 0 Å². The van der Waals surface area contributed by atoms with E-state index in [1.165, 1.54) is 18.4 Å². The first-order valence-electron chi connectivity index (χ1n) is 6.01. The summed E-state index contributed by atoms with van der Waals surface area (Å²) in [4.78, 5) is 6.81. The highest BCUT2D eigenvalue weighted by Gasteiger charge is 2.27. The molecule has 88 valence electrons. The molecule has 3 rings (SSSR count). The molecule has 1 fully saturated rings. The Balaban J connectivity index is 1.90. The molecule has 2 aromatic heterocycles. The molecular weight excluding hydrogens is 212 g/mol. The van der Waals surface area contributed by atoms with Gasteiger partial charge in [-0.1, -0.05) is 6.07 Å². The molecule has 0 aliphatic carbocycles. The van der Waals surface area contributed by atoms with Crippen molar-refractivity contribution in [2.45, 2.75) is 18.9 Å². The van der Waals surface area contributed by atoms with Crippen molar-refractivity contribution < 1.29 is 0 Å². The van der Waals surface area contributed by atoms with Crippen LogP contribution in [0.1, 0.15) is 24.4 Å². The van der Waals surface area contributed by atoms with Crippen LogP contribution in [0.25, 0.3) is 0 Å². The summed E-state index contributed by atoms with van der Waals surface area (Å²) < 4.78 is 1.87. The molecule has 1 aliphatic rings. The van der Waals surface area contributed by atoms with E-state index in [2.05, 4.69) is 27.2 Å². The molecule has 0 N–H and O–H groups in total. The summed E-state index contributed by atoms with van der Waals surface area (Å²) in [7, 11) is 1.96. The monoisotopic (exact) mass is 228 g/mol. The maximum atomic E-state index is 4.44. The van der Waals surface area contributed by atoms with Crippen LogP contribution in [0, 0.1) is 0 Å². The van der Waals surface area contributed by atoms with Crippen LogP contribution < -0.4 is 4.90 Å². The first-order valence-corrected chi connectivity index (χ1v) is 6.01. The van der Waals surface area contributed by atoms with E-state index in [9.17, 15) is 0 Å². The van der Waals surface area contributed by atoms with Crippen LogP contribution in [0.15, 0.2) is 36.8 Å². The van der Waals surface area contributed by atoms with E-state index in [1.807, 2.05) is 36.3 Å². The SMILES string of the molecule is Cn1cc(C2CCCN2c2ccccn2)cn1. The van der Waals surface area contributed by atoms with Crippen molar-refractivity contribution in [3.05, 3.63) is 42.4 Å². The summed E-state index contributed by atoms with van der Waals surface area (Å²) in [6.07, 6.45) is 8.32. The average molecular weight is 228 g/mol. The van der Waals surface area contributed by atoms with Gasteiger partial charge in [0, 0.05) is 31.5 Å². The Morgan fingerprint density at radius 2 is 2.29 bits per heavy atom. The molecule has 0 radical (unpaired) electrons. The van der Waals surface area contributed by atoms with E-state index in [1.54, 1.807) is 0 Å². The van der Waals surface area contributed by atoms with Crippen LogP contribution >= 0.6 is 0 Å². The number of hydrogen-bond acceptors (Lipinski definition) is 3. The van der Waals surface area contributed by atoms with Crippen molar-refractivity contribution in [2.75, 3.05) is 11.4 Å². The maximum Gasteiger partial charge on any atom is 0.128 e. The molecule has 0 bridgehead atoms. The molecule has 4 heteroatoms. The fraction of sp³-hybridized carbons (Fsp3) is 0.385. The van der Waals surface area contributed by atoms with Gasteiger partial charge in [-0.05, 0) is 25.0 Å². The number of rotatable bonds is 2. The summed E-state index contributed by atoms with van der Waals surface area (Å²) in [6.45, 7) is 1.08. The molecule has 1 atom stereocenters. The van der Waals surface area contributed by atoms with Crippen molar-refractivity contribution in [3.8, 4) is 0 Å². The summed E-state index contributed by atoms with van der Waals surface area (Å²) in [5, 5.41) is 4.26. The van der Waals surface area contributed by atoms with Crippen LogP contribution in [-0.4, -0.2) is 21.3 Å². The van der Waals surface area contributed by atoms with Gasteiger partial charge in [0.2, 0.25) is 0 Å². The fourth-order valence-corrected chi connectivity index (χ4v) is 2.52. The number of hydrogen-bond donors (Lipinski definition) is 0. The largest absolute Gasteiger partial charge is 0.349 e. The minimum absolute atomic E-state index is 0.429. The quantitative estimate of drug-likeness (QED) is 0.790. The average Bonchev–Trinajstić information content (AvgIpc) is 2.98. The lowest BCUT2D eigenvalue weighted by molar-refractivity contribution is 0.708. The summed E-state index contributed by atoms with van der Waals surface area (Å²) in [5.41, 5.74) is 1.29. The van der Waals surface area contributed by atoms with Gasteiger partial charge in [-0.15, -0.1) is 0 Å². The van der Waals surface area contributed by atoms with Crippen LogP contribution in [0.2, 0.25) is 0 Å². The molecule has 1 saturated heterocycles. The highest BCUT2D eigenvalue weighted by atomic mass is 15.3. The third-order valence-electron chi connectivity index (χ3n) is 3.31. The lowest BCUT2D eigenvalue weighted by Gasteiger charge is -2.24. The lowest BCUT2D eigenvalue weighted by atomic mass is 10.1. The zero-order valence-corrected chi connectivity index (χ0v) is 9.95. The highest BCUT2D eigenvalue weighted by molar-refractivity contribution is 5.42. The lowest BCUT2D eigenvalue weighted by Crippen LogP contribution is -2.23. The Kier molecular flexibility index (Phi) is 2.55. The number of pyridine rings is 1. The van der Waals surface area contributed by atoms with E-state index >= 15 is 0 Å². The van der Waals surface area contributed by atoms with Gasteiger partial charge in [-0.3, -0.25) is 4.68 Å². The number of nitrogens with zero attached hydrogens (tertiary/aromatic N) is 4. The number of aromatic nitrogens is 3. The van der Waals surface area contributed by atoms with Gasteiger partial charge in [-0.25, -0.2) is 4.98 Å². The number of anilines is 1. The smallest absolute Gasteiger partial charge is 0.128 e. The molecular formula is C13H16N4. The first-order chi connectivity index (χ1) is 8.34. The molecule has 0 saturated carbocycles. The Morgan fingerprint density at radius 1 is 1.35 bits per heavy atom. The highest BCUT2D eigenvalue weighted by Crippen LogP contribution is 2.34. The summed E-state index contributed by atoms with van der Waals surface area (Å²) in [5.74, 6) is 1.07. The van der Waals surface area contributed by atoms with Crippen molar-refractivity contribution in [3.63, 3.8) is 0 Å². The molecule has 0 spiro atoms. The van der Waals surface area contributed by atoms with Crippen LogP contribution in [0.3, 0.4) is 0 Å². The Bertz CT molecular complexity index is 491. The first kappa shape index (κ1) is 10.3. The van der Waals surface area contributed by atoms with Gasteiger partial charge in [0.05, 0.1) is 12.2 Å². The van der Waals surface area contributed by atoms with E-state index in [4.69, 9.17) is 0 Å². The Labute approximate surface area is 101 Å². The Morgan fingerprint density at radius 3 is 3.00 bits per heavy atom. The van der Waals surface area contributed by atoms with Crippen molar-refractivity contribution in [2.24, 2.45) is 7.05 Å². The third kappa shape index (κ3) is 1.90. The second-order valence-corrected chi connectivity index (χ2v) is 4.49. The maximum absolute atomic E-state index is 4.44. The standard InChI is InChI=1S/C13H16N4/c1-16-10-11(9-15-16)12-5-4-8-17(12)13-6-2-3-7-14-13/h2-3,6-7,9-10,12H,4-5,8H2,1H3. The molecule has 4 nitrogen and oxygen atoms in total. The molecule has 0 aromatic carbocycles. The minimum Gasteiger partial charge on any atom is -0.349 e. The van der Waals surface area contributed by atoms with Gasteiger partial charge < -0.3 is 4.90 Å². The van der Waals surface area contributed by atoms with Crippen molar-refractivity contribution >= 4 is 5.82 Å². The normalized spacial score (nSPS) is 19.8. The molecule has 0 amide bonds. The zero-order chi connectivity index (χ0) is 11.7. The summed E-state index contributed by atoms with van der Waals surface area (Å²) in [6, 6.07) is 6.51. The van der Waals surface area contributed by atoms with Crippen molar-refractivity contribution in [1.29, 1.82) is 0 Å². The molecule has 2 aromatic rings. The van der Waals surface area contributed by atoms with E-state index < -0.39 is 0 Å². The van der Waals surface area contributed by atoms with E-state index in [0.29, 0.717) is 6.04 Å². The molecule has 3 heterocycles. The predicted octanol–water partition coefficient (Wildman–Crippen LogP) is 2.16. The zero-order valence-electron chi connectivity index (χ0n) is 9.95. The van der Waals surface area contributed by atoms with Gasteiger partial charge >= 0.3 is 0 Å². The van der Waals surface area contributed by atoms with Crippen LogP contribution in [-0.2, 0) is 7.05 Å². The van der Waals surface area contributed by atoms with Crippen LogP contribution in [0.5, 0.6) is 0 Å². The fourth-order valence-electron chi connectivity index (χ4n) is 2.52. The Hall–Kier alpha value is -1.84. The third-order valence-corrected chi connectivity index (χ3v) is 3.31. The van der Waals surface area contributed by atoms with E-state index in [-0.39, 0.29) is 0 Å². The topological polar surface area (TPSA) is 34.0 Å². The second-order valence-electron chi connectivity index (χ2n) is 4.49. The number of aryl methyl sites for hydroxylation is 1. The second kappa shape index (κ2) is 4.20. The predicted molar refractivity (Wildman–Crippen MR) is 66.8 cm³/mol. The molecule has 1 unspecified atom stereocenters. The van der Waals surface area contributed by atoms with Crippen molar-refractivity contribution in [1.82, 2.24) is 14.8 Å². The summed E-state index contributed by atoms with van der Waals surface area (Å²) >= 11 is 0. The van der Waals surface area contributed by atoms with Gasteiger partial charge in [-0.2, -0.15) is 5.10 Å². The van der Waals surface area contributed by atoms with Gasteiger partial charge in [0.1, 0.15) is 5.82 Å². The van der Waals surface area contributed by atoms with Crippen LogP contribution in [0.4, 0.5) is 5.82 Å². The van der Waals surface area contributed by atoms with Gasteiger partial charge in [0.25, 0.3) is 0 Å². The van der Waals surface area contributed by atoms with E-state index in [0.717, 1.165) is 12.4 Å². The minimum atomic E-state index is 0.429. The molecule has 17 heavy (non-hydrogen) atoms. The molecule has 1 aliphatic heterocycles.